The molecule has 0 aliphatic carbocycles. The third-order valence-electron chi connectivity index (χ3n) is 5.10. The van der Waals surface area contributed by atoms with Crippen molar-refractivity contribution in [2.24, 2.45) is 7.05 Å². The van der Waals surface area contributed by atoms with Crippen molar-refractivity contribution in [2.75, 3.05) is 7.11 Å². The Morgan fingerprint density at radius 2 is 1.93 bits per heavy atom. The predicted molar refractivity (Wildman–Crippen MR) is 105 cm³/mol. The highest BCUT2D eigenvalue weighted by Crippen LogP contribution is 2.33. The molecule has 0 atom stereocenters. The molecule has 2 aromatic heterocycles. The van der Waals surface area contributed by atoms with Gasteiger partial charge in [0.25, 0.3) is 5.56 Å². The van der Waals surface area contributed by atoms with Gasteiger partial charge in [-0.2, -0.15) is 0 Å². The summed E-state index contributed by atoms with van der Waals surface area (Å²) in [5.74, 6) is 0.162. The summed E-state index contributed by atoms with van der Waals surface area (Å²) in [6.07, 6.45) is 1.86. The van der Waals surface area contributed by atoms with Gasteiger partial charge in [-0.3, -0.25) is 9.36 Å². The van der Waals surface area contributed by atoms with E-state index in [0.29, 0.717) is 11.3 Å². The van der Waals surface area contributed by atoms with E-state index in [2.05, 4.69) is 18.9 Å². The molecule has 0 N–H and O–H groups in total. The molecule has 0 saturated heterocycles. The Balaban J connectivity index is 2.35. The molecule has 0 amide bonds. The average Bonchev–Trinajstić information content (AvgIpc) is 2.96. The molecule has 1 aromatic carbocycles. The molecule has 0 saturated carbocycles. The lowest BCUT2D eigenvalue weighted by atomic mass is 9.95. The Kier molecular flexibility index (Phi) is 5.29. The van der Waals surface area contributed by atoms with Gasteiger partial charge in [0.1, 0.15) is 17.1 Å². The summed E-state index contributed by atoms with van der Waals surface area (Å²) < 4.78 is 22.7. The van der Waals surface area contributed by atoms with Crippen molar-refractivity contribution in [3.63, 3.8) is 0 Å². The van der Waals surface area contributed by atoms with Crippen LogP contribution >= 0.6 is 11.6 Å². The van der Waals surface area contributed by atoms with Gasteiger partial charge in [-0.1, -0.05) is 25.4 Å². The monoisotopic (exact) mass is 391 g/mol. The second kappa shape index (κ2) is 7.35. The Morgan fingerprint density at radius 3 is 2.48 bits per heavy atom. The number of aromatic nitrogens is 3. The van der Waals surface area contributed by atoms with Gasteiger partial charge in [0.15, 0.2) is 5.82 Å². The maximum atomic E-state index is 14.7. The summed E-state index contributed by atoms with van der Waals surface area (Å²) in [6, 6.07) is 4.74. The molecular formula is C20H23ClFN3O2. The maximum absolute atomic E-state index is 14.7. The number of methoxy groups -OCH3 is 1. The molecule has 3 rings (SSSR count). The van der Waals surface area contributed by atoms with Crippen molar-refractivity contribution < 1.29 is 9.13 Å². The predicted octanol–water partition coefficient (Wildman–Crippen LogP) is 4.71. The summed E-state index contributed by atoms with van der Waals surface area (Å²) in [5, 5.41) is 4.71. The zero-order chi connectivity index (χ0) is 19.9. The van der Waals surface area contributed by atoms with Crippen LogP contribution in [-0.4, -0.2) is 21.3 Å². The normalized spacial score (nSPS) is 11.6. The first-order valence-electron chi connectivity index (χ1n) is 8.96. The number of rotatable bonds is 5. The van der Waals surface area contributed by atoms with Crippen molar-refractivity contribution in [1.29, 1.82) is 0 Å². The molecule has 0 fully saturated rings. The first-order valence-corrected chi connectivity index (χ1v) is 9.34. The molecule has 0 aliphatic heterocycles. The van der Waals surface area contributed by atoms with Gasteiger partial charge in [-0.15, -0.1) is 5.10 Å². The lowest BCUT2D eigenvalue weighted by molar-refractivity contribution is 0.411. The topological polar surface area (TPSA) is 48.5 Å². The Bertz CT molecular complexity index is 1040. The second-order valence-corrected chi connectivity index (χ2v) is 7.08. The van der Waals surface area contributed by atoms with E-state index in [1.807, 2.05) is 13.0 Å². The third-order valence-corrected chi connectivity index (χ3v) is 5.40. The van der Waals surface area contributed by atoms with Crippen molar-refractivity contribution in [1.82, 2.24) is 14.2 Å². The smallest absolute Gasteiger partial charge is 0.278 e. The van der Waals surface area contributed by atoms with Crippen LogP contribution in [0.3, 0.4) is 0 Å². The van der Waals surface area contributed by atoms with Crippen molar-refractivity contribution >= 4 is 17.1 Å². The number of aryl methyl sites for hydroxylation is 1. The second-order valence-electron chi connectivity index (χ2n) is 6.67. The molecule has 0 unspecified atom stereocenters. The lowest BCUT2D eigenvalue weighted by Gasteiger charge is -2.14. The highest BCUT2D eigenvalue weighted by molar-refractivity contribution is 6.33. The fraction of sp³-hybridized carbons (Fsp3) is 0.400. The molecule has 7 heteroatoms. The van der Waals surface area contributed by atoms with E-state index in [9.17, 15) is 9.18 Å². The molecule has 27 heavy (non-hydrogen) atoms. The molecule has 0 radical (unpaired) electrons. The van der Waals surface area contributed by atoms with E-state index >= 15 is 0 Å². The molecule has 0 spiro atoms. The Morgan fingerprint density at radius 1 is 1.26 bits per heavy atom. The minimum atomic E-state index is -0.591. The number of hydrogen-bond donors (Lipinski definition) is 0. The van der Waals surface area contributed by atoms with E-state index in [4.69, 9.17) is 16.3 Å². The number of hydrogen-bond acceptors (Lipinski definition) is 3. The van der Waals surface area contributed by atoms with E-state index in [0.717, 1.165) is 24.1 Å². The molecule has 2 heterocycles. The van der Waals surface area contributed by atoms with Gasteiger partial charge < -0.3 is 4.74 Å². The third kappa shape index (κ3) is 3.12. The van der Waals surface area contributed by atoms with Crippen LogP contribution < -0.4 is 10.3 Å². The number of halogens is 2. The van der Waals surface area contributed by atoms with Gasteiger partial charge >= 0.3 is 0 Å². The van der Waals surface area contributed by atoms with Crippen molar-refractivity contribution in [3.05, 3.63) is 50.7 Å². The van der Waals surface area contributed by atoms with Crippen LogP contribution in [0.1, 0.15) is 43.9 Å². The molecular weight excluding hydrogens is 369 g/mol. The summed E-state index contributed by atoms with van der Waals surface area (Å²) >= 11 is 6.28. The number of ether oxygens (including phenoxy) is 1. The van der Waals surface area contributed by atoms with Gasteiger partial charge in [-0.05, 0) is 43.4 Å². The van der Waals surface area contributed by atoms with E-state index in [1.54, 1.807) is 11.6 Å². The molecule has 144 valence electrons. The number of benzene rings is 1. The average molecular weight is 392 g/mol. The van der Waals surface area contributed by atoms with Gasteiger partial charge in [0, 0.05) is 18.8 Å². The molecule has 3 aromatic rings. The standard InChI is InChI=1S/C20H23ClFN3O2/c1-6-12(7-2)14-8-11(3)25-18(14)20(26)24(4)19(23-25)17-15(21)9-13(27-5)10-16(17)22/h8-10,12H,6-7H2,1-5H3. The SMILES string of the molecule is CCC(CC)c1cc(C)n2nc(-c3c(F)cc(OC)cc3Cl)n(C)c(=O)c12. The number of fused-ring (bicyclic) bond motifs is 1. The summed E-state index contributed by atoms with van der Waals surface area (Å²) in [4.78, 5) is 13.2. The minimum Gasteiger partial charge on any atom is -0.497 e. The van der Waals surface area contributed by atoms with E-state index in [-0.39, 0.29) is 27.9 Å². The zero-order valence-corrected chi connectivity index (χ0v) is 16.9. The van der Waals surface area contributed by atoms with Crippen LogP contribution in [-0.2, 0) is 7.05 Å². The Labute approximate surface area is 162 Å². The highest BCUT2D eigenvalue weighted by Gasteiger charge is 2.23. The lowest BCUT2D eigenvalue weighted by Crippen LogP contribution is -2.24. The zero-order valence-electron chi connectivity index (χ0n) is 16.1. The van der Waals surface area contributed by atoms with E-state index < -0.39 is 5.82 Å². The van der Waals surface area contributed by atoms with Crippen molar-refractivity contribution in [2.45, 2.75) is 39.5 Å². The molecule has 5 nitrogen and oxygen atoms in total. The highest BCUT2D eigenvalue weighted by atomic mass is 35.5. The van der Waals surface area contributed by atoms with E-state index in [1.165, 1.54) is 23.8 Å². The van der Waals surface area contributed by atoms with Crippen LogP contribution in [0.4, 0.5) is 4.39 Å². The van der Waals surface area contributed by atoms with Gasteiger partial charge in [0.2, 0.25) is 0 Å². The van der Waals surface area contributed by atoms with Crippen LogP contribution in [0.5, 0.6) is 5.75 Å². The largest absolute Gasteiger partial charge is 0.497 e. The minimum absolute atomic E-state index is 0.0798. The van der Waals surface area contributed by atoms with Crippen LogP contribution in [0, 0.1) is 12.7 Å². The fourth-order valence-electron chi connectivity index (χ4n) is 3.55. The van der Waals surface area contributed by atoms with Crippen LogP contribution in [0.15, 0.2) is 23.0 Å². The number of nitrogens with zero attached hydrogens (tertiary/aromatic N) is 3. The van der Waals surface area contributed by atoms with Crippen LogP contribution in [0.2, 0.25) is 5.02 Å². The quantitative estimate of drug-likeness (QED) is 0.632. The summed E-state index contributed by atoms with van der Waals surface area (Å²) in [6.45, 7) is 6.10. The van der Waals surface area contributed by atoms with Crippen LogP contribution in [0.25, 0.3) is 16.9 Å². The summed E-state index contributed by atoms with van der Waals surface area (Å²) in [5.41, 5.74) is 2.21. The molecule has 0 bridgehead atoms. The van der Waals surface area contributed by atoms with Gasteiger partial charge in [0.05, 0.1) is 17.7 Å². The maximum Gasteiger partial charge on any atom is 0.278 e. The first kappa shape index (κ1) is 19.4. The summed E-state index contributed by atoms with van der Waals surface area (Å²) in [7, 11) is 3.02. The Hall–Kier alpha value is -2.34. The molecule has 0 aliphatic rings. The first-order chi connectivity index (χ1) is 12.8. The van der Waals surface area contributed by atoms with Gasteiger partial charge in [-0.25, -0.2) is 8.91 Å². The fourth-order valence-corrected chi connectivity index (χ4v) is 3.83. The van der Waals surface area contributed by atoms with Crippen molar-refractivity contribution in [3.8, 4) is 17.1 Å².